The zero-order valence-electron chi connectivity index (χ0n) is 7.58. The van der Waals surface area contributed by atoms with Crippen molar-refractivity contribution in [2.75, 3.05) is 6.61 Å². The van der Waals surface area contributed by atoms with Crippen molar-refractivity contribution in [3.63, 3.8) is 0 Å². The van der Waals surface area contributed by atoms with Crippen LogP contribution in [0.2, 0.25) is 0 Å². The molecule has 0 heterocycles. The van der Waals surface area contributed by atoms with Crippen LogP contribution in [-0.4, -0.2) is 28.8 Å². The number of aliphatic hydroxyl groups excluding tert-OH is 2. The van der Waals surface area contributed by atoms with Crippen molar-refractivity contribution in [2.24, 2.45) is 11.1 Å². The molecule has 0 saturated carbocycles. The molecule has 4 N–H and O–H groups in total. The lowest BCUT2D eigenvalue weighted by Gasteiger charge is -2.26. The van der Waals surface area contributed by atoms with E-state index in [4.69, 9.17) is 10.8 Å². The molecule has 0 fully saturated rings. The molecule has 0 aromatic heterocycles. The van der Waals surface area contributed by atoms with E-state index in [2.05, 4.69) is 0 Å². The van der Waals surface area contributed by atoms with E-state index in [-0.39, 0.29) is 6.61 Å². The van der Waals surface area contributed by atoms with Crippen LogP contribution in [-0.2, 0) is 4.79 Å². The van der Waals surface area contributed by atoms with Crippen molar-refractivity contribution in [3.8, 4) is 0 Å². The van der Waals surface area contributed by atoms with Crippen LogP contribution in [0.25, 0.3) is 0 Å². The van der Waals surface area contributed by atoms with Crippen LogP contribution < -0.4 is 5.73 Å². The minimum absolute atomic E-state index is 0.0197. The fourth-order valence-electron chi connectivity index (χ4n) is 0.810. The van der Waals surface area contributed by atoms with Gasteiger partial charge in [-0.25, -0.2) is 0 Å². The number of nitrogens with two attached hydrogens (primary N) is 1. The first-order valence-corrected chi connectivity index (χ1v) is 4.01. The van der Waals surface area contributed by atoms with Gasteiger partial charge in [0.15, 0.2) is 0 Å². The van der Waals surface area contributed by atoms with Crippen molar-refractivity contribution in [1.82, 2.24) is 0 Å². The first kappa shape index (κ1) is 11.4. The van der Waals surface area contributed by atoms with Crippen molar-refractivity contribution >= 4 is 5.91 Å². The van der Waals surface area contributed by atoms with Crippen LogP contribution in [0.3, 0.4) is 0 Å². The molecule has 0 rings (SSSR count). The van der Waals surface area contributed by atoms with Crippen molar-refractivity contribution in [1.29, 1.82) is 0 Å². The number of rotatable bonds is 5. The lowest BCUT2D eigenvalue weighted by atomic mass is 9.83. The Balaban J connectivity index is 4.06. The number of hydrogen-bond acceptors (Lipinski definition) is 3. The summed E-state index contributed by atoms with van der Waals surface area (Å²) in [5.74, 6) is -0.520. The molecule has 1 unspecified atom stereocenters. The molecule has 0 aromatic carbocycles. The first-order chi connectivity index (χ1) is 5.42. The van der Waals surface area contributed by atoms with Gasteiger partial charge in [-0.3, -0.25) is 4.79 Å². The smallest absolute Gasteiger partial charge is 0.225 e. The number of aliphatic hydroxyl groups is 2. The van der Waals surface area contributed by atoms with E-state index in [9.17, 15) is 9.90 Å². The van der Waals surface area contributed by atoms with E-state index in [1.165, 1.54) is 0 Å². The maximum Gasteiger partial charge on any atom is 0.225 e. The van der Waals surface area contributed by atoms with Gasteiger partial charge in [-0.15, -0.1) is 0 Å². The number of amides is 1. The van der Waals surface area contributed by atoms with Gasteiger partial charge >= 0.3 is 0 Å². The molecule has 4 heteroatoms. The maximum absolute atomic E-state index is 10.8. The van der Waals surface area contributed by atoms with Crippen LogP contribution in [0.15, 0.2) is 0 Å². The van der Waals surface area contributed by atoms with Crippen LogP contribution in [0.4, 0.5) is 0 Å². The van der Waals surface area contributed by atoms with Crippen molar-refractivity contribution < 1.29 is 15.0 Å². The molecular weight excluding hydrogens is 158 g/mol. The average molecular weight is 175 g/mol. The predicted octanol–water partition coefficient (Wildman–Crippen LogP) is -0.369. The zero-order valence-corrected chi connectivity index (χ0v) is 7.58. The van der Waals surface area contributed by atoms with Gasteiger partial charge in [-0.1, -0.05) is 0 Å². The fraction of sp³-hybridized carbons (Fsp3) is 0.875. The lowest BCUT2D eigenvalue weighted by Crippen LogP contribution is -2.41. The van der Waals surface area contributed by atoms with Gasteiger partial charge in [0.2, 0.25) is 5.91 Å². The Bertz CT molecular complexity index is 156. The molecule has 72 valence electrons. The summed E-state index contributed by atoms with van der Waals surface area (Å²) in [6.45, 7) is 3.21. The Labute approximate surface area is 72.4 Å². The van der Waals surface area contributed by atoms with E-state index in [1.54, 1.807) is 13.8 Å². The topological polar surface area (TPSA) is 83.6 Å². The standard InChI is InChI=1S/C8H17NO3/c1-8(2,7(9)12)6(11)4-3-5-10/h6,10-11H,3-5H2,1-2H3,(H2,9,12). The number of carbonyl (C=O) groups is 1. The van der Waals surface area contributed by atoms with E-state index in [0.29, 0.717) is 12.8 Å². The van der Waals surface area contributed by atoms with Crippen LogP contribution in [0.5, 0.6) is 0 Å². The summed E-state index contributed by atoms with van der Waals surface area (Å²) in [5.41, 5.74) is 4.17. The molecule has 0 aliphatic heterocycles. The third-order valence-corrected chi connectivity index (χ3v) is 2.10. The molecule has 0 radical (unpaired) electrons. The van der Waals surface area contributed by atoms with Crippen molar-refractivity contribution in [3.05, 3.63) is 0 Å². The molecule has 0 aliphatic rings. The Hall–Kier alpha value is -0.610. The van der Waals surface area contributed by atoms with Crippen LogP contribution in [0, 0.1) is 5.41 Å². The SMILES string of the molecule is CC(C)(C(N)=O)C(O)CCCO. The van der Waals surface area contributed by atoms with Gasteiger partial charge in [0.1, 0.15) is 0 Å². The van der Waals surface area contributed by atoms with Crippen LogP contribution in [0.1, 0.15) is 26.7 Å². The summed E-state index contributed by atoms with van der Waals surface area (Å²) in [5, 5.41) is 18.0. The minimum atomic E-state index is -0.908. The summed E-state index contributed by atoms with van der Waals surface area (Å²) < 4.78 is 0. The van der Waals surface area contributed by atoms with Gasteiger partial charge in [0.25, 0.3) is 0 Å². The second-order valence-corrected chi connectivity index (χ2v) is 3.47. The van der Waals surface area contributed by atoms with Gasteiger partial charge in [0, 0.05) is 6.61 Å². The first-order valence-electron chi connectivity index (χ1n) is 4.01. The fourth-order valence-corrected chi connectivity index (χ4v) is 0.810. The van der Waals surface area contributed by atoms with E-state index in [0.717, 1.165) is 0 Å². The maximum atomic E-state index is 10.8. The third-order valence-electron chi connectivity index (χ3n) is 2.10. The lowest BCUT2D eigenvalue weighted by molar-refractivity contribution is -0.132. The van der Waals surface area contributed by atoms with Gasteiger partial charge in [0.05, 0.1) is 11.5 Å². The Morgan fingerprint density at radius 1 is 1.58 bits per heavy atom. The predicted molar refractivity (Wildman–Crippen MR) is 45.3 cm³/mol. The second-order valence-electron chi connectivity index (χ2n) is 3.47. The molecule has 1 amide bonds. The Kier molecular flexibility index (Phi) is 4.20. The highest BCUT2D eigenvalue weighted by Gasteiger charge is 2.33. The van der Waals surface area contributed by atoms with E-state index < -0.39 is 17.4 Å². The number of carbonyl (C=O) groups excluding carboxylic acids is 1. The van der Waals surface area contributed by atoms with E-state index in [1.807, 2.05) is 0 Å². The molecule has 0 bridgehead atoms. The summed E-state index contributed by atoms with van der Waals surface area (Å²) in [6.07, 6.45) is 0.103. The molecule has 0 spiro atoms. The average Bonchev–Trinajstić information content (AvgIpc) is 1.99. The summed E-state index contributed by atoms with van der Waals surface area (Å²) in [4.78, 5) is 10.8. The summed E-state index contributed by atoms with van der Waals surface area (Å²) in [7, 11) is 0. The Morgan fingerprint density at radius 2 is 2.08 bits per heavy atom. The molecule has 4 nitrogen and oxygen atoms in total. The second kappa shape index (κ2) is 4.42. The molecule has 12 heavy (non-hydrogen) atoms. The normalized spacial score (nSPS) is 14.3. The number of primary amides is 1. The highest BCUT2D eigenvalue weighted by molar-refractivity contribution is 5.80. The minimum Gasteiger partial charge on any atom is -0.396 e. The largest absolute Gasteiger partial charge is 0.396 e. The Morgan fingerprint density at radius 3 is 2.42 bits per heavy atom. The number of hydrogen-bond donors (Lipinski definition) is 3. The van der Waals surface area contributed by atoms with Crippen LogP contribution >= 0.6 is 0 Å². The third kappa shape index (κ3) is 2.79. The summed E-state index contributed by atoms with van der Waals surface area (Å²) in [6, 6.07) is 0. The monoisotopic (exact) mass is 175 g/mol. The highest BCUT2D eigenvalue weighted by Crippen LogP contribution is 2.22. The summed E-state index contributed by atoms with van der Waals surface area (Å²) >= 11 is 0. The molecule has 0 aromatic rings. The highest BCUT2D eigenvalue weighted by atomic mass is 16.3. The quantitative estimate of drug-likeness (QED) is 0.533. The van der Waals surface area contributed by atoms with E-state index >= 15 is 0 Å². The molecule has 0 aliphatic carbocycles. The van der Waals surface area contributed by atoms with Crippen molar-refractivity contribution in [2.45, 2.75) is 32.8 Å². The van der Waals surface area contributed by atoms with Gasteiger partial charge < -0.3 is 15.9 Å². The van der Waals surface area contributed by atoms with Gasteiger partial charge in [-0.05, 0) is 26.7 Å². The van der Waals surface area contributed by atoms with Gasteiger partial charge in [-0.2, -0.15) is 0 Å². The molecule has 0 saturated heterocycles. The zero-order chi connectivity index (χ0) is 9.78. The molecular formula is C8H17NO3. The molecule has 1 atom stereocenters.